The third kappa shape index (κ3) is 3.14. The van der Waals surface area contributed by atoms with E-state index in [1.165, 1.54) is 0 Å². The third-order valence-electron chi connectivity index (χ3n) is 2.35. The summed E-state index contributed by atoms with van der Waals surface area (Å²) < 4.78 is 65.0. The molecule has 0 spiro atoms. The second kappa shape index (κ2) is 6.38. The standard InChI is InChI=1S/C11H12F5NS/c1-5(2-17)3-18-4-6-7(12)9(14)11(16)10(15)8(6)13/h5H,2-4,17H2,1H3. The number of benzene rings is 1. The van der Waals surface area contributed by atoms with E-state index in [0.29, 0.717) is 12.3 Å². The van der Waals surface area contributed by atoms with E-state index in [1.54, 1.807) is 0 Å². The molecule has 1 rings (SSSR count). The van der Waals surface area contributed by atoms with E-state index in [1.807, 2.05) is 6.92 Å². The van der Waals surface area contributed by atoms with Gasteiger partial charge in [0.2, 0.25) is 5.82 Å². The van der Waals surface area contributed by atoms with Gasteiger partial charge in [-0.1, -0.05) is 6.92 Å². The number of nitrogens with two attached hydrogens (primary N) is 1. The molecule has 0 fully saturated rings. The Balaban J connectivity index is 2.89. The van der Waals surface area contributed by atoms with Crippen molar-refractivity contribution in [2.75, 3.05) is 12.3 Å². The lowest BCUT2D eigenvalue weighted by Gasteiger charge is -2.10. The summed E-state index contributed by atoms with van der Waals surface area (Å²) in [6.07, 6.45) is 0. The van der Waals surface area contributed by atoms with Crippen LogP contribution in [0.4, 0.5) is 22.0 Å². The van der Waals surface area contributed by atoms with Crippen molar-refractivity contribution in [2.24, 2.45) is 11.7 Å². The fourth-order valence-electron chi connectivity index (χ4n) is 1.21. The molecule has 0 aliphatic rings. The molecule has 0 aromatic heterocycles. The Hall–Kier alpha value is -0.820. The summed E-state index contributed by atoms with van der Waals surface area (Å²) in [7, 11) is 0. The van der Waals surface area contributed by atoms with Crippen molar-refractivity contribution in [3.8, 4) is 0 Å². The lowest BCUT2D eigenvalue weighted by atomic mass is 10.2. The fraction of sp³-hybridized carbons (Fsp3) is 0.455. The van der Waals surface area contributed by atoms with Gasteiger partial charge in [-0.15, -0.1) is 0 Å². The van der Waals surface area contributed by atoms with E-state index in [-0.39, 0.29) is 11.7 Å². The minimum absolute atomic E-state index is 0.108. The molecule has 0 saturated carbocycles. The minimum Gasteiger partial charge on any atom is -0.330 e. The van der Waals surface area contributed by atoms with Crippen LogP contribution in [0.2, 0.25) is 0 Å². The van der Waals surface area contributed by atoms with Gasteiger partial charge in [0.25, 0.3) is 0 Å². The van der Waals surface area contributed by atoms with Crippen LogP contribution in [-0.4, -0.2) is 12.3 Å². The fourth-order valence-corrected chi connectivity index (χ4v) is 2.32. The van der Waals surface area contributed by atoms with Gasteiger partial charge in [0.1, 0.15) is 0 Å². The van der Waals surface area contributed by atoms with Crippen LogP contribution in [0.5, 0.6) is 0 Å². The van der Waals surface area contributed by atoms with E-state index >= 15 is 0 Å². The zero-order valence-corrected chi connectivity index (χ0v) is 10.4. The van der Waals surface area contributed by atoms with Gasteiger partial charge >= 0.3 is 0 Å². The molecular formula is C11H12F5NS. The minimum atomic E-state index is -2.13. The maximum absolute atomic E-state index is 13.2. The zero-order chi connectivity index (χ0) is 13.9. The molecule has 0 radical (unpaired) electrons. The highest BCUT2D eigenvalue weighted by atomic mass is 32.2. The van der Waals surface area contributed by atoms with Gasteiger partial charge < -0.3 is 5.73 Å². The van der Waals surface area contributed by atoms with Gasteiger partial charge in [-0.2, -0.15) is 11.8 Å². The average Bonchev–Trinajstić information content (AvgIpc) is 2.37. The molecule has 0 bridgehead atoms. The highest BCUT2D eigenvalue weighted by Crippen LogP contribution is 2.26. The topological polar surface area (TPSA) is 26.0 Å². The summed E-state index contributed by atoms with van der Waals surface area (Å²) in [6, 6.07) is 0. The van der Waals surface area contributed by atoms with E-state index in [2.05, 4.69) is 0 Å². The van der Waals surface area contributed by atoms with Gasteiger partial charge in [0.05, 0.1) is 0 Å². The van der Waals surface area contributed by atoms with Crippen molar-refractivity contribution in [3.63, 3.8) is 0 Å². The van der Waals surface area contributed by atoms with Crippen molar-refractivity contribution < 1.29 is 22.0 Å². The molecular weight excluding hydrogens is 273 g/mol. The molecule has 1 atom stereocenters. The first-order valence-electron chi connectivity index (χ1n) is 5.18. The summed E-state index contributed by atoms with van der Waals surface area (Å²) in [4.78, 5) is 0. The van der Waals surface area contributed by atoms with Crippen molar-refractivity contribution in [3.05, 3.63) is 34.6 Å². The van der Waals surface area contributed by atoms with Crippen molar-refractivity contribution in [2.45, 2.75) is 12.7 Å². The second-order valence-electron chi connectivity index (χ2n) is 3.90. The Morgan fingerprint density at radius 1 is 0.944 bits per heavy atom. The molecule has 2 N–H and O–H groups in total. The van der Waals surface area contributed by atoms with Crippen LogP contribution in [0.25, 0.3) is 0 Å². The summed E-state index contributed by atoms with van der Waals surface area (Å²) in [5, 5.41) is 0. The van der Waals surface area contributed by atoms with Crippen LogP contribution in [0.1, 0.15) is 12.5 Å². The average molecular weight is 285 g/mol. The highest BCUT2D eigenvalue weighted by Gasteiger charge is 2.25. The molecule has 1 unspecified atom stereocenters. The first-order chi connectivity index (χ1) is 8.40. The Kier molecular flexibility index (Phi) is 5.40. The quantitative estimate of drug-likeness (QED) is 0.511. The van der Waals surface area contributed by atoms with Gasteiger partial charge in [0.15, 0.2) is 23.3 Å². The first-order valence-corrected chi connectivity index (χ1v) is 6.33. The molecule has 1 aromatic rings. The number of hydrogen-bond acceptors (Lipinski definition) is 2. The smallest absolute Gasteiger partial charge is 0.200 e. The number of hydrogen-bond donors (Lipinski definition) is 1. The molecule has 0 saturated heterocycles. The third-order valence-corrected chi connectivity index (χ3v) is 3.65. The van der Waals surface area contributed by atoms with Crippen LogP contribution < -0.4 is 5.73 Å². The monoisotopic (exact) mass is 285 g/mol. The van der Waals surface area contributed by atoms with Gasteiger partial charge in [-0.05, 0) is 18.2 Å². The SMILES string of the molecule is CC(CN)CSCc1c(F)c(F)c(F)c(F)c1F. The number of thioether (sulfide) groups is 1. The van der Waals surface area contributed by atoms with Crippen molar-refractivity contribution in [1.82, 2.24) is 0 Å². The molecule has 0 heterocycles. The molecule has 0 aliphatic carbocycles. The van der Waals surface area contributed by atoms with E-state index < -0.39 is 34.6 Å². The molecule has 102 valence electrons. The maximum Gasteiger partial charge on any atom is 0.200 e. The van der Waals surface area contributed by atoms with Gasteiger partial charge in [0, 0.05) is 11.3 Å². The first kappa shape index (κ1) is 15.2. The van der Waals surface area contributed by atoms with Crippen LogP contribution >= 0.6 is 11.8 Å². The summed E-state index contributed by atoms with van der Waals surface area (Å²) in [5.41, 5.74) is 4.56. The van der Waals surface area contributed by atoms with Gasteiger partial charge in [-0.25, -0.2) is 22.0 Å². The lowest BCUT2D eigenvalue weighted by molar-refractivity contribution is 0.372. The molecule has 0 amide bonds. The lowest BCUT2D eigenvalue weighted by Crippen LogP contribution is -2.13. The van der Waals surface area contributed by atoms with Crippen LogP contribution in [-0.2, 0) is 5.75 Å². The summed E-state index contributed by atoms with van der Waals surface area (Å²) in [6.45, 7) is 2.22. The number of halogens is 5. The summed E-state index contributed by atoms with van der Waals surface area (Å²) in [5.74, 6) is -9.16. The normalized spacial score (nSPS) is 12.8. The van der Waals surface area contributed by atoms with Crippen LogP contribution in [0.3, 0.4) is 0 Å². The largest absolute Gasteiger partial charge is 0.330 e. The second-order valence-corrected chi connectivity index (χ2v) is 4.93. The summed E-state index contributed by atoms with van der Waals surface area (Å²) >= 11 is 1.07. The molecule has 0 aliphatic heterocycles. The van der Waals surface area contributed by atoms with Crippen LogP contribution in [0.15, 0.2) is 0 Å². The number of rotatable bonds is 5. The Bertz CT molecular complexity index is 409. The predicted molar refractivity (Wildman–Crippen MR) is 60.6 cm³/mol. The van der Waals surface area contributed by atoms with Crippen molar-refractivity contribution in [1.29, 1.82) is 0 Å². The zero-order valence-electron chi connectivity index (χ0n) is 9.57. The Morgan fingerprint density at radius 3 is 1.83 bits per heavy atom. The molecule has 18 heavy (non-hydrogen) atoms. The predicted octanol–water partition coefficient (Wildman–Crippen LogP) is 3.21. The molecule has 7 heteroatoms. The molecule has 1 nitrogen and oxygen atoms in total. The van der Waals surface area contributed by atoms with E-state index in [9.17, 15) is 22.0 Å². The van der Waals surface area contributed by atoms with Crippen molar-refractivity contribution >= 4 is 11.8 Å². The van der Waals surface area contributed by atoms with Crippen LogP contribution in [0, 0.1) is 35.0 Å². The Morgan fingerprint density at radius 2 is 1.39 bits per heavy atom. The molecule has 1 aromatic carbocycles. The van der Waals surface area contributed by atoms with E-state index in [0.717, 1.165) is 11.8 Å². The van der Waals surface area contributed by atoms with E-state index in [4.69, 9.17) is 5.73 Å². The van der Waals surface area contributed by atoms with Gasteiger partial charge in [-0.3, -0.25) is 0 Å². The maximum atomic E-state index is 13.2. The highest BCUT2D eigenvalue weighted by molar-refractivity contribution is 7.98. The Labute approximate surface area is 106 Å².